The number of pyridine rings is 1. The van der Waals surface area contributed by atoms with Crippen LogP contribution in [0.4, 0.5) is 5.82 Å². The van der Waals surface area contributed by atoms with Crippen molar-refractivity contribution < 1.29 is 0 Å². The molecule has 0 bridgehead atoms. The number of halogens is 1. The first-order valence-electron chi connectivity index (χ1n) is 9.17. The lowest BCUT2D eigenvalue weighted by Gasteiger charge is -2.37. The molecule has 1 atom stereocenters. The Kier molecular flexibility index (Phi) is 8.21. The zero-order valence-corrected chi connectivity index (χ0v) is 17.7. The summed E-state index contributed by atoms with van der Waals surface area (Å²) in [5, 5.41) is 3.47. The molecule has 0 radical (unpaired) electrons. The first-order chi connectivity index (χ1) is 11.8. The van der Waals surface area contributed by atoms with E-state index in [9.17, 15) is 0 Å². The number of hydrogen-bond acceptors (Lipinski definition) is 4. The Bertz CT molecular complexity index is 530. The van der Waals surface area contributed by atoms with Gasteiger partial charge in [-0.05, 0) is 45.5 Å². The highest BCUT2D eigenvalue weighted by Gasteiger charge is 2.23. The van der Waals surface area contributed by atoms with E-state index in [0.29, 0.717) is 6.04 Å². The third-order valence-corrected chi connectivity index (χ3v) is 5.01. The van der Waals surface area contributed by atoms with Gasteiger partial charge in [-0.1, -0.05) is 6.07 Å². The summed E-state index contributed by atoms with van der Waals surface area (Å²) in [4.78, 5) is 16.6. The minimum absolute atomic E-state index is 0. The molecule has 0 aromatic carbocycles. The van der Waals surface area contributed by atoms with E-state index in [1.54, 1.807) is 0 Å². The standard InChI is InChI=1S/C18H30N6.HI/c1-3-19-18(21-15-16-7-6-10-22(16)2)24-13-11-23(12-14-24)17-8-4-5-9-20-17;/h4-5,8-9,16H,3,6-7,10-15H2,1-2H3,(H,19,21);1H. The number of rotatable bonds is 4. The summed E-state index contributed by atoms with van der Waals surface area (Å²) < 4.78 is 0. The molecule has 0 saturated carbocycles. The first kappa shape index (κ1) is 20.2. The van der Waals surface area contributed by atoms with E-state index in [0.717, 1.165) is 51.0 Å². The quantitative estimate of drug-likeness (QED) is 0.424. The Hall–Kier alpha value is -1.09. The molecular weight excluding hydrogens is 427 g/mol. The summed E-state index contributed by atoms with van der Waals surface area (Å²) in [6.07, 6.45) is 4.44. The molecule has 1 N–H and O–H groups in total. The second-order valence-electron chi connectivity index (χ2n) is 6.63. The SMILES string of the molecule is CCNC(=NCC1CCCN1C)N1CCN(c2ccccn2)CC1.I. The fourth-order valence-electron chi connectivity index (χ4n) is 3.52. The molecule has 2 fully saturated rings. The Morgan fingerprint density at radius 2 is 2.04 bits per heavy atom. The summed E-state index contributed by atoms with van der Waals surface area (Å²) >= 11 is 0. The van der Waals surface area contributed by atoms with Crippen molar-refractivity contribution in [3.63, 3.8) is 0 Å². The number of likely N-dealkylation sites (tertiary alicyclic amines) is 1. The van der Waals surface area contributed by atoms with E-state index in [4.69, 9.17) is 4.99 Å². The van der Waals surface area contributed by atoms with Crippen molar-refractivity contribution in [2.45, 2.75) is 25.8 Å². The van der Waals surface area contributed by atoms with Gasteiger partial charge in [0.1, 0.15) is 5.82 Å². The second-order valence-corrected chi connectivity index (χ2v) is 6.63. The van der Waals surface area contributed by atoms with Gasteiger partial charge in [0.25, 0.3) is 0 Å². The topological polar surface area (TPSA) is 47.0 Å². The summed E-state index contributed by atoms with van der Waals surface area (Å²) in [6, 6.07) is 6.72. The van der Waals surface area contributed by atoms with Gasteiger partial charge in [0.15, 0.2) is 5.96 Å². The van der Waals surface area contributed by atoms with E-state index < -0.39 is 0 Å². The van der Waals surface area contributed by atoms with Gasteiger partial charge in [0, 0.05) is 45.0 Å². The van der Waals surface area contributed by atoms with Gasteiger partial charge in [-0.2, -0.15) is 0 Å². The first-order valence-corrected chi connectivity index (χ1v) is 9.17. The van der Waals surface area contributed by atoms with E-state index in [2.05, 4.69) is 51.1 Å². The van der Waals surface area contributed by atoms with Crippen LogP contribution in [-0.2, 0) is 0 Å². The Labute approximate surface area is 168 Å². The Morgan fingerprint density at radius 3 is 2.64 bits per heavy atom. The fraction of sp³-hybridized carbons (Fsp3) is 0.667. The van der Waals surface area contributed by atoms with E-state index in [-0.39, 0.29) is 24.0 Å². The smallest absolute Gasteiger partial charge is 0.194 e. The van der Waals surface area contributed by atoms with Gasteiger partial charge in [0.05, 0.1) is 6.54 Å². The molecule has 0 spiro atoms. The molecule has 3 rings (SSSR count). The summed E-state index contributed by atoms with van der Waals surface area (Å²) in [6.45, 7) is 9.13. The van der Waals surface area contributed by atoms with Gasteiger partial charge < -0.3 is 20.0 Å². The molecule has 3 heterocycles. The minimum atomic E-state index is 0. The summed E-state index contributed by atoms with van der Waals surface area (Å²) in [5.74, 6) is 2.14. The third-order valence-electron chi connectivity index (χ3n) is 5.01. The molecule has 1 aromatic heterocycles. The number of likely N-dealkylation sites (N-methyl/N-ethyl adjacent to an activating group) is 1. The largest absolute Gasteiger partial charge is 0.357 e. The zero-order chi connectivity index (χ0) is 16.8. The highest BCUT2D eigenvalue weighted by Crippen LogP contribution is 2.16. The Morgan fingerprint density at radius 1 is 1.24 bits per heavy atom. The number of aromatic nitrogens is 1. The number of piperazine rings is 1. The van der Waals surface area contributed by atoms with Crippen molar-refractivity contribution in [3.8, 4) is 0 Å². The second kappa shape index (κ2) is 10.2. The molecule has 2 aliphatic heterocycles. The van der Waals surface area contributed by atoms with Gasteiger partial charge in [0.2, 0.25) is 0 Å². The minimum Gasteiger partial charge on any atom is -0.357 e. The maximum Gasteiger partial charge on any atom is 0.194 e. The predicted octanol–water partition coefficient (Wildman–Crippen LogP) is 1.88. The van der Waals surface area contributed by atoms with Gasteiger partial charge in [-0.15, -0.1) is 24.0 Å². The van der Waals surface area contributed by atoms with Crippen molar-refractivity contribution in [3.05, 3.63) is 24.4 Å². The molecule has 0 aliphatic carbocycles. The van der Waals surface area contributed by atoms with Crippen molar-refractivity contribution in [2.24, 2.45) is 4.99 Å². The maximum atomic E-state index is 4.92. The van der Waals surface area contributed by atoms with Gasteiger partial charge in [-0.3, -0.25) is 4.99 Å². The molecule has 2 saturated heterocycles. The van der Waals surface area contributed by atoms with Crippen LogP contribution in [0.3, 0.4) is 0 Å². The summed E-state index contributed by atoms with van der Waals surface area (Å²) in [5.41, 5.74) is 0. The molecule has 6 nitrogen and oxygen atoms in total. The molecule has 1 aromatic rings. The van der Waals surface area contributed by atoms with Gasteiger partial charge >= 0.3 is 0 Å². The monoisotopic (exact) mass is 458 g/mol. The van der Waals surface area contributed by atoms with Crippen LogP contribution in [0.25, 0.3) is 0 Å². The van der Waals surface area contributed by atoms with Crippen LogP contribution < -0.4 is 10.2 Å². The molecule has 1 unspecified atom stereocenters. The van der Waals surface area contributed by atoms with Crippen molar-refractivity contribution in [1.29, 1.82) is 0 Å². The van der Waals surface area contributed by atoms with Crippen molar-refractivity contribution in [2.75, 3.05) is 57.8 Å². The number of aliphatic imine (C=N–C) groups is 1. The number of nitrogens with zero attached hydrogens (tertiary/aromatic N) is 5. The van der Waals surface area contributed by atoms with Crippen LogP contribution in [-0.4, -0.2) is 79.6 Å². The highest BCUT2D eigenvalue weighted by atomic mass is 127. The molecule has 0 amide bonds. The molecular formula is C18H31IN6. The maximum absolute atomic E-state index is 4.92. The fourth-order valence-corrected chi connectivity index (χ4v) is 3.52. The average Bonchev–Trinajstić information content (AvgIpc) is 3.04. The summed E-state index contributed by atoms with van der Waals surface area (Å²) in [7, 11) is 2.21. The molecule has 2 aliphatic rings. The van der Waals surface area contributed by atoms with E-state index >= 15 is 0 Å². The lowest BCUT2D eigenvalue weighted by atomic mass is 10.2. The van der Waals surface area contributed by atoms with Crippen LogP contribution in [0, 0.1) is 0 Å². The predicted molar refractivity (Wildman–Crippen MR) is 115 cm³/mol. The number of nitrogens with one attached hydrogen (secondary N) is 1. The lowest BCUT2D eigenvalue weighted by Crippen LogP contribution is -2.53. The van der Waals surface area contributed by atoms with Crippen LogP contribution >= 0.6 is 24.0 Å². The van der Waals surface area contributed by atoms with E-state index in [1.807, 2.05) is 12.3 Å². The van der Waals surface area contributed by atoms with Crippen molar-refractivity contribution in [1.82, 2.24) is 20.1 Å². The van der Waals surface area contributed by atoms with Gasteiger partial charge in [-0.25, -0.2) is 4.98 Å². The van der Waals surface area contributed by atoms with E-state index in [1.165, 1.54) is 19.4 Å². The van der Waals surface area contributed by atoms with Crippen LogP contribution in [0.5, 0.6) is 0 Å². The molecule has 25 heavy (non-hydrogen) atoms. The normalized spacial score (nSPS) is 22.0. The van der Waals surface area contributed by atoms with Crippen LogP contribution in [0.2, 0.25) is 0 Å². The number of guanidine groups is 1. The van der Waals surface area contributed by atoms with Crippen molar-refractivity contribution >= 4 is 35.8 Å². The van der Waals surface area contributed by atoms with Crippen LogP contribution in [0.1, 0.15) is 19.8 Å². The highest BCUT2D eigenvalue weighted by molar-refractivity contribution is 14.0. The zero-order valence-electron chi connectivity index (χ0n) is 15.4. The Balaban J connectivity index is 0.00000225. The number of hydrogen-bond donors (Lipinski definition) is 1. The molecule has 7 heteroatoms. The third kappa shape index (κ3) is 5.44. The average molecular weight is 458 g/mol. The van der Waals surface area contributed by atoms with Crippen LogP contribution in [0.15, 0.2) is 29.4 Å². The molecule has 140 valence electrons. The number of anilines is 1. The lowest BCUT2D eigenvalue weighted by molar-refractivity contribution is 0.314.